The number of carboxylic acids is 1. The second kappa shape index (κ2) is 4.84. The fraction of sp³-hybridized carbons (Fsp3) is 0.333. The number of rotatable bonds is 4. The molecule has 0 saturated heterocycles. The molecule has 6 nitrogen and oxygen atoms in total. The first-order valence-corrected chi connectivity index (χ1v) is 6.61. The van der Waals surface area contributed by atoms with Crippen LogP contribution in [-0.4, -0.2) is 30.8 Å². The maximum absolute atomic E-state index is 10.7. The summed E-state index contributed by atoms with van der Waals surface area (Å²) in [6, 6.07) is 0. The molecule has 90 valence electrons. The van der Waals surface area contributed by atoms with E-state index in [0.717, 1.165) is 28.0 Å². The Hall–Kier alpha value is -1.41. The molecule has 0 fully saturated rings. The number of carboxylic acid groups (broad SMARTS) is 1. The molecule has 0 bridgehead atoms. The Morgan fingerprint density at radius 2 is 2.35 bits per heavy atom. The summed E-state index contributed by atoms with van der Waals surface area (Å²) in [6.45, 7) is 1.88. The van der Waals surface area contributed by atoms with Crippen molar-refractivity contribution in [3.63, 3.8) is 0 Å². The molecule has 0 saturated carbocycles. The van der Waals surface area contributed by atoms with E-state index in [1.54, 1.807) is 5.38 Å². The lowest BCUT2D eigenvalue weighted by Gasteiger charge is -1.98. The van der Waals surface area contributed by atoms with Gasteiger partial charge in [-0.3, -0.25) is 0 Å². The van der Waals surface area contributed by atoms with Crippen LogP contribution in [-0.2, 0) is 12.8 Å². The molecule has 8 heteroatoms. The Morgan fingerprint density at radius 1 is 1.59 bits per heavy atom. The number of hydrogen-bond acceptors (Lipinski definition) is 6. The average molecular weight is 270 g/mol. The SMILES string of the molecule is Cc1nnc(SCc2csc(C(=O)O)n2)n1C. The molecule has 0 radical (unpaired) electrons. The van der Waals surface area contributed by atoms with Crippen molar-refractivity contribution in [2.24, 2.45) is 7.05 Å². The fourth-order valence-corrected chi connectivity index (χ4v) is 2.73. The second-order valence-electron chi connectivity index (χ2n) is 3.33. The van der Waals surface area contributed by atoms with Crippen molar-refractivity contribution in [3.05, 3.63) is 21.9 Å². The minimum atomic E-state index is -0.985. The van der Waals surface area contributed by atoms with Crippen molar-refractivity contribution in [3.8, 4) is 0 Å². The van der Waals surface area contributed by atoms with Gasteiger partial charge in [-0.15, -0.1) is 21.5 Å². The van der Waals surface area contributed by atoms with Crippen LogP contribution < -0.4 is 0 Å². The number of nitrogens with zero attached hydrogens (tertiary/aromatic N) is 4. The molecular formula is C9H10N4O2S2. The highest BCUT2D eigenvalue weighted by atomic mass is 32.2. The Kier molecular flexibility index (Phi) is 3.43. The van der Waals surface area contributed by atoms with Gasteiger partial charge in [0.25, 0.3) is 0 Å². The lowest BCUT2D eigenvalue weighted by Crippen LogP contribution is -1.96. The van der Waals surface area contributed by atoms with Gasteiger partial charge in [0, 0.05) is 18.2 Å². The molecule has 0 aliphatic rings. The molecule has 17 heavy (non-hydrogen) atoms. The van der Waals surface area contributed by atoms with Crippen molar-refractivity contribution in [1.29, 1.82) is 0 Å². The van der Waals surface area contributed by atoms with Crippen molar-refractivity contribution in [1.82, 2.24) is 19.7 Å². The van der Waals surface area contributed by atoms with Gasteiger partial charge < -0.3 is 9.67 Å². The lowest BCUT2D eigenvalue weighted by atomic mass is 10.6. The fourth-order valence-electron chi connectivity index (χ4n) is 1.12. The van der Waals surface area contributed by atoms with Crippen molar-refractivity contribution >= 4 is 29.1 Å². The van der Waals surface area contributed by atoms with Crippen LogP contribution in [0.5, 0.6) is 0 Å². The van der Waals surface area contributed by atoms with E-state index < -0.39 is 5.97 Å². The van der Waals surface area contributed by atoms with Crippen molar-refractivity contribution in [2.75, 3.05) is 0 Å². The molecule has 0 aromatic carbocycles. The van der Waals surface area contributed by atoms with Crippen LogP contribution in [0.1, 0.15) is 21.3 Å². The second-order valence-corrected chi connectivity index (χ2v) is 5.13. The maximum Gasteiger partial charge on any atom is 0.365 e. The zero-order valence-corrected chi connectivity index (χ0v) is 10.9. The van der Waals surface area contributed by atoms with Gasteiger partial charge in [-0.1, -0.05) is 11.8 Å². The summed E-state index contributed by atoms with van der Waals surface area (Å²) in [7, 11) is 1.89. The summed E-state index contributed by atoms with van der Waals surface area (Å²) in [5.74, 6) is 0.452. The third-order valence-electron chi connectivity index (χ3n) is 2.14. The van der Waals surface area contributed by atoms with Crippen LogP contribution in [0.2, 0.25) is 0 Å². The van der Waals surface area contributed by atoms with E-state index in [9.17, 15) is 4.79 Å². The number of aromatic carboxylic acids is 1. The minimum Gasteiger partial charge on any atom is -0.476 e. The molecule has 0 spiro atoms. The number of carbonyl (C=O) groups is 1. The molecule has 2 aromatic heterocycles. The summed E-state index contributed by atoms with van der Waals surface area (Å²) < 4.78 is 1.88. The van der Waals surface area contributed by atoms with Crippen molar-refractivity contribution in [2.45, 2.75) is 17.8 Å². The zero-order chi connectivity index (χ0) is 12.4. The highest BCUT2D eigenvalue weighted by Gasteiger charge is 2.11. The smallest absolute Gasteiger partial charge is 0.365 e. The van der Waals surface area contributed by atoms with E-state index in [2.05, 4.69) is 15.2 Å². The number of thiazole rings is 1. The number of thioether (sulfide) groups is 1. The average Bonchev–Trinajstić information content (AvgIpc) is 2.86. The predicted molar refractivity (Wildman–Crippen MR) is 64.4 cm³/mol. The molecule has 1 N–H and O–H groups in total. The highest BCUT2D eigenvalue weighted by Crippen LogP contribution is 2.22. The van der Waals surface area contributed by atoms with Gasteiger partial charge in [-0.2, -0.15) is 0 Å². The number of aryl methyl sites for hydroxylation is 1. The Morgan fingerprint density at radius 3 is 2.88 bits per heavy atom. The normalized spacial score (nSPS) is 10.7. The van der Waals surface area contributed by atoms with Crippen LogP contribution in [0.4, 0.5) is 0 Å². The van der Waals surface area contributed by atoms with Crippen LogP contribution in [0.3, 0.4) is 0 Å². The van der Waals surface area contributed by atoms with E-state index in [1.165, 1.54) is 11.8 Å². The van der Waals surface area contributed by atoms with Crippen molar-refractivity contribution < 1.29 is 9.90 Å². The van der Waals surface area contributed by atoms with E-state index in [0.29, 0.717) is 5.75 Å². The number of hydrogen-bond donors (Lipinski definition) is 1. The monoisotopic (exact) mass is 270 g/mol. The predicted octanol–water partition coefficient (Wildman–Crippen LogP) is 1.57. The van der Waals surface area contributed by atoms with E-state index in [4.69, 9.17) is 5.11 Å². The molecule has 2 heterocycles. The Labute approximate surface area is 106 Å². The molecule has 0 amide bonds. The lowest BCUT2D eigenvalue weighted by molar-refractivity contribution is 0.0696. The molecule has 2 rings (SSSR count). The Bertz CT molecular complexity index is 549. The van der Waals surface area contributed by atoms with Crippen LogP contribution in [0, 0.1) is 6.92 Å². The van der Waals surface area contributed by atoms with Gasteiger partial charge in [-0.25, -0.2) is 9.78 Å². The maximum atomic E-state index is 10.7. The summed E-state index contributed by atoms with van der Waals surface area (Å²) >= 11 is 2.62. The third-order valence-corrected chi connectivity index (χ3v) is 4.07. The van der Waals surface area contributed by atoms with Gasteiger partial charge in [0.2, 0.25) is 5.01 Å². The van der Waals surface area contributed by atoms with Gasteiger partial charge in [0.15, 0.2) is 5.16 Å². The van der Waals surface area contributed by atoms with Gasteiger partial charge in [-0.05, 0) is 6.92 Å². The standard InChI is InChI=1S/C9H10N4O2S2/c1-5-11-12-9(13(5)2)17-4-6-3-16-7(10-6)8(14)15/h3H,4H2,1-2H3,(H,14,15). The highest BCUT2D eigenvalue weighted by molar-refractivity contribution is 7.98. The van der Waals surface area contributed by atoms with Crippen LogP contribution >= 0.6 is 23.1 Å². The summed E-state index contributed by atoms with van der Waals surface area (Å²) in [5, 5.41) is 19.4. The van der Waals surface area contributed by atoms with Crippen LogP contribution in [0.25, 0.3) is 0 Å². The topological polar surface area (TPSA) is 80.9 Å². The summed E-state index contributed by atoms with van der Waals surface area (Å²) in [4.78, 5) is 14.7. The van der Waals surface area contributed by atoms with E-state index in [1.807, 2.05) is 18.5 Å². The van der Waals surface area contributed by atoms with E-state index >= 15 is 0 Å². The first kappa shape index (κ1) is 12.1. The largest absolute Gasteiger partial charge is 0.476 e. The third kappa shape index (κ3) is 2.64. The van der Waals surface area contributed by atoms with Gasteiger partial charge in [0.1, 0.15) is 5.82 Å². The van der Waals surface area contributed by atoms with E-state index in [-0.39, 0.29) is 5.01 Å². The summed E-state index contributed by atoms with van der Waals surface area (Å²) in [5.41, 5.74) is 0.748. The quantitative estimate of drug-likeness (QED) is 0.849. The first-order chi connectivity index (χ1) is 8.08. The van der Waals surface area contributed by atoms with Gasteiger partial charge in [0.05, 0.1) is 5.69 Å². The van der Waals surface area contributed by atoms with Gasteiger partial charge >= 0.3 is 5.97 Å². The molecule has 0 aliphatic carbocycles. The zero-order valence-electron chi connectivity index (χ0n) is 9.25. The first-order valence-electron chi connectivity index (χ1n) is 4.74. The molecule has 0 atom stereocenters. The Balaban J connectivity index is 2.02. The molecule has 2 aromatic rings. The number of aromatic nitrogens is 4. The molecular weight excluding hydrogens is 260 g/mol. The molecule has 0 unspecified atom stereocenters. The summed E-state index contributed by atoms with van der Waals surface area (Å²) in [6.07, 6.45) is 0. The van der Waals surface area contributed by atoms with Crippen LogP contribution in [0.15, 0.2) is 10.5 Å². The minimum absolute atomic E-state index is 0.120. The molecule has 0 aliphatic heterocycles.